The molecule has 4 rings (SSSR count). The number of rotatable bonds is 6. The van der Waals surface area contributed by atoms with Gasteiger partial charge in [-0.25, -0.2) is 4.79 Å². The van der Waals surface area contributed by atoms with Crippen LogP contribution in [-0.4, -0.2) is 60.6 Å². The normalized spacial score (nSPS) is 22.3. The second kappa shape index (κ2) is 6.91. The fourth-order valence-corrected chi connectivity index (χ4v) is 4.17. The van der Waals surface area contributed by atoms with E-state index in [0.29, 0.717) is 31.8 Å². The van der Waals surface area contributed by atoms with E-state index >= 15 is 0 Å². The Balaban J connectivity index is 1.52. The summed E-state index contributed by atoms with van der Waals surface area (Å²) >= 11 is 0. The molecule has 0 radical (unpaired) electrons. The number of nitrogens with one attached hydrogen (secondary N) is 1. The maximum atomic E-state index is 13.2. The van der Waals surface area contributed by atoms with Gasteiger partial charge in [0.15, 0.2) is 0 Å². The fourth-order valence-electron chi connectivity index (χ4n) is 4.17. The van der Waals surface area contributed by atoms with Crippen molar-refractivity contribution in [3.8, 4) is 5.75 Å². The number of amides is 3. The lowest BCUT2D eigenvalue weighted by Gasteiger charge is -2.38. The molecule has 0 atom stereocenters. The molecule has 140 valence electrons. The molecule has 2 aliphatic heterocycles. The lowest BCUT2D eigenvalue weighted by molar-refractivity contribution is -0.134. The van der Waals surface area contributed by atoms with Gasteiger partial charge in [0.2, 0.25) is 0 Å². The molecule has 0 aromatic heterocycles. The Labute approximate surface area is 154 Å². The van der Waals surface area contributed by atoms with Crippen LogP contribution in [0.25, 0.3) is 0 Å². The van der Waals surface area contributed by atoms with Gasteiger partial charge in [0, 0.05) is 13.1 Å². The Morgan fingerprint density at radius 1 is 1.15 bits per heavy atom. The minimum Gasteiger partial charge on any atom is -0.497 e. The smallest absolute Gasteiger partial charge is 0.327 e. The molecule has 6 heteroatoms. The van der Waals surface area contributed by atoms with E-state index in [9.17, 15) is 9.59 Å². The number of carbonyl (C=O) groups excluding carboxylic acids is 2. The standard InChI is InChI=1S/C20H27N3O3/c1-26-17-6-4-15(5-7-17)8-13-23-19(25)22(14-16-2-3-16)18(24)20(23)9-11-21-12-10-20/h4-7,16,21H,2-3,8-14H2,1H3. The van der Waals surface area contributed by atoms with Crippen molar-refractivity contribution in [2.24, 2.45) is 5.92 Å². The van der Waals surface area contributed by atoms with Gasteiger partial charge < -0.3 is 15.0 Å². The first-order chi connectivity index (χ1) is 12.6. The molecule has 2 saturated heterocycles. The summed E-state index contributed by atoms with van der Waals surface area (Å²) in [6.45, 7) is 2.76. The Morgan fingerprint density at radius 2 is 1.85 bits per heavy atom. The number of hydrogen-bond acceptors (Lipinski definition) is 4. The molecule has 3 aliphatic rings. The van der Waals surface area contributed by atoms with E-state index in [1.165, 1.54) is 4.90 Å². The van der Waals surface area contributed by atoms with Gasteiger partial charge >= 0.3 is 6.03 Å². The molecule has 1 spiro atoms. The number of imide groups is 1. The highest BCUT2D eigenvalue weighted by Gasteiger charge is 2.57. The summed E-state index contributed by atoms with van der Waals surface area (Å²) in [5.41, 5.74) is 0.514. The molecule has 1 aliphatic carbocycles. The van der Waals surface area contributed by atoms with E-state index in [2.05, 4.69) is 5.32 Å². The molecule has 1 aromatic carbocycles. The maximum Gasteiger partial charge on any atom is 0.327 e. The van der Waals surface area contributed by atoms with Crippen LogP contribution in [0.5, 0.6) is 5.75 Å². The first-order valence-corrected chi connectivity index (χ1v) is 9.61. The average Bonchev–Trinajstić information content (AvgIpc) is 3.48. The monoisotopic (exact) mass is 357 g/mol. The number of nitrogens with zero attached hydrogens (tertiary/aromatic N) is 2. The largest absolute Gasteiger partial charge is 0.497 e. The van der Waals surface area contributed by atoms with E-state index in [4.69, 9.17) is 4.74 Å². The van der Waals surface area contributed by atoms with Crippen LogP contribution in [0, 0.1) is 5.92 Å². The lowest BCUT2D eigenvalue weighted by atomic mass is 9.86. The summed E-state index contributed by atoms with van der Waals surface area (Å²) in [5.74, 6) is 1.38. The SMILES string of the molecule is COc1ccc(CCN2C(=O)N(CC3CC3)C(=O)C23CCNCC3)cc1. The first kappa shape index (κ1) is 17.3. The molecule has 0 unspecified atom stereocenters. The van der Waals surface area contributed by atoms with E-state index in [1.54, 1.807) is 7.11 Å². The molecule has 1 saturated carbocycles. The van der Waals surface area contributed by atoms with Crippen LogP contribution < -0.4 is 10.1 Å². The number of carbonyl (C=O) groups is 2. The van der Waals surface area contributed by atoms with Crippen molar-refractivity contribution in [2.45, 2.75) is 37.6 Å². The van der Waals surface area contributed by atoms with Crippen LogP contribution >= 0.6 is 0 Å². The molecule has 6 nitrogen and oxygen atoms in total. The van der Waals surface area contributed by atoms with Crippen molar-refractivity contribution in [1.82, 2.24) is 15.1 Å². The van der Waals surface area contributed by atoms with E-state index < -0.39 is 5.54 Å². The minimum atomic E-state index is -0.635. The first-order valence-electron chi connectivity index (χ1n) is 9.61. The molecule has 0 bridgehead atoms. The third-order valence-electron chi connectivity index (χ3n) is 5.97. The van der Waals surface area contributed by atoms with Crippen LogP contribution in [0.2, 0.25) is 0 Å². The van der Waals surface area contributed by atoms with Crippen molar-refractivity contribution in [3.05, 3.63) is 29.8 Å². The summed E-state index contributed by atoms with van der Waals surface area (Å²) in [4.78, 5) is 29.6. The minimum absolute atomic E-state index is 0.0330. The zero-order chi connectivity index (χ0) is 18.1. The molecule has 2 heterocycles. The average molecular weight is 357 g/mol. The number of benzene rings is 1. The third kappa shape index (κ3) is 3.07. The second-order valence-electron chi connectivity index (χ2n) is 7.67. The molecule has 26 heavy (non-hydrogen) atoms. The van der Waals surface area contributed by atoms with Crippen LogP contribution in [0.1, 0.15) is 31.2 Å². The number of methoxy groups -OCH3 is 1. The van der Waals surface area contributed by atoms with Gasteiger partial charge in [0.25, 0.3) is 5.91 Å². The van der Waals surface area contributed by atoms with Gasteiger partial charge in [-0.15, -0.1) is 0 Å². The van der Waals surface area contributed by atoms with Gasteiger partial charge in [0.1, 0.15) is 11.3 Å². The molecular formula is C20H27N3O3. The van der Waals surface area contributed by atoms with E-state index in [1.807, 2.05) is 29.2 Å². The van der Waals surface area contributed by atoms with Crippen LogP contribution in [-0.2, 0) is 11.2 Å². The highest BCUT2D eigenvalue weighted by atomic mass is 16.5. The lowest BCUT2D eigenvalue weighted by Crippen LogP contribution is -2.56. The van der Waals surface area contributed by atoms with Crippen LogP contribution in [0.4, 0.5) is 4.79 Å². The predicted molar refractivity (Wildman–Crippen MR) is 98.1 cm³/mol. The summed E-state index contributed by atoms with van der Waals surface area (Å²) < 4.78 is 5.20. The molecule has 1 N–H and O–H groups in total. The van der Waals surface area contributed by atoms with Gasteiger partial charge in [-0.3, -0.25) is 9.69 Å². The maximum absolute atomic E-state index is 13.2. The van der Waals surface area contributed by atoms with E-state index in [0.717, 1.165) is 43.7 Å². The predicted octanol–water partition coefficient (Wildman–Crippen LogP) is 2.03. The highest BCUT2D eigenvalue weighted by Crippen LogP contribution is 2.39. The van der Waals surface area contributed by atoms with Crippen molar-refractivity contribution in [3.63, 3.8) is 0 Å². The number of ether oxygens (including phenoxy) is 1. The molecular weight excluding hydrogens is 330 g/mol. The number of urea groups is 1. The van der Waals surface area contributed by atoms with Crippen molar-refractivity contribution in [2.75, 3.05) is 33.3 Å². The second-order valence-corrected chi connectivity index (χ2v) is 7.67. The molecule has 1 aromatic rings. The summed E-state index contributed by atoms with van der Waals surface area (Å²) in [6.07, 6.45) is 4.44. The van der Waals surface area contributed by atoms with Gasteiger partial charge in [0.05, 0.1) is 7.11 Å². The van der Waals surface area contributed by atoms with Crippen molar-refractivity contribution in [1.29, 1.82) is 0 Å². The highest BCUT2D eigenvalue weighted by molar-refractivity contribution is 6.07. The summed E-state index contributed by atoms with van der Waals surface area (Å²) in [5, 5.41) is 3.32. The zero-order valence-corrected chi connectivity index (χ0v) is 15.4. The van der Waals surface area contributed by atoms with E-state index in [-0.39, 0.29) is 11.9 Å². The van der Waals surface area contributed by atoms with Gasteiger partial charge in [-0.2, -0.15) is 0 Å². The number of piperidine rings is 1. The topological polar surface area (TPSA) is 61.9 Å². The number of hydrogen-bond donors (Lipinski definition) is 1. The Morgan fingerprint density at radius 3 is 2.46 bits per heavy atom. The fraction of sp³-hybridized carbons (Fsp3) is 0.600. The van der Waals surface area contributed by atoms with Crippen LogP contribution in [0.3, 0.4) is 0 Å². The van der Waals surface area contributed by atoms with Crippen molar-refractivity contribution >= 4 is 11.9 Å². The Hall–Kier alpha value is -2.08. The third-order valence-corrected chi connectivity index (χ3v) is 5.97. The summed E-state index contributed by atoms with van der Waals surface area (Å²) in [6, 6.07) is 7.84. The van der Waals surface area contributed by atoms with Crippen LogP contribution in [0.15, 0.2) is 24.3 Å². The Kier molecular flexibility index (Phi) is 4.61. The molecule has 3 amide bonds. The molecule has 3 fully saturated rings. The zero-order valence-electron chi connectivity index (χ0n) is 15.4. The van der Waals surface area contributed by atoms with Gasteiger partial charge in [-0.05, 0) is 68.8 Å². The Bertz CT molecular complexity index is 678. The summed E-state index contributed by atoms with van der Waals surface area (Å²) in [7, 11) is 1.65. The van der Waals surface area contributed by atoms with Crippen molar-refractivity contribution < 1.29 is 14.3 Å². The quantitative estimate of drug-likeness (QED) is 0.792. The van der Waals surface area contributed by atoms with Gasteiger partial charge in [-0.1, -0.05) is 12.1 Å².